The molecule has 18 heavy (non-hydrogen) atoms. The number of Topliss-reactive ketones (excluding diaryl/α,β-unsaturated/α-hetero) is 1. The van der Waals surface area contributed by atoms with Gasteiger partial charge in [0.15, 0.2) is 5.79 Å². The van der Waals surface area contributed by atoms with Gasteiger partial charge in [-0.25, -0.2) is 0 Å². The molecule has 1 saturated carbocycles. The van der Waals surface area contributed by atoms with Crippen molar-refractivity contribution in [1.82, 2.24) is 0 Å². The predicted octanol–water partition coefficient (Wildman–Crippen LogP) is 3.46. The second-order valence-electron chi connectivity index (χ2n) is 6.21. The lowest BCUT2D eigenvalue weighted by molar-refractivity contribution is -0.317. The molecule has 2 rings (SSSR count). The van der Waals surface area contributed by atoms with Gasteiger partial charge in [-0.05, 0) is 19.3 Å². The van der Waals surface area contributed by atoms with E-state index in [1.807, 2.05) is 20.8 Å². The number of hydrogen-bond acceptors (Lipinski definition) is 3. The molecular formula is C15H26O3. The average molecular weight is 254 g/mol. The van der Waals surface area contributed by atoms with Crippen LogP contribution in [0.25, 0.3) is 0 Å². The largest absolute Gasteiger partial charge is 0.350 e. The van der Waals surface area contributed by atoms with Crippen molar-refractivity contribution in [3.8, 4) is 0 Å². The smallest absolute Gasteiger partial charge is 0.168 e. The second kappa shape index (κ2) is 5.30. The van der Waals surface area contributed by atoms with Crippen molar-refractivity contribution in [2.75, 3.05) is 6.61 Å². The first kappa shape index (κ1) is 14.0. The van der Waals surface area contributed by atoms with Crippen molar-refractivity contribution < 1.29 is 14.3 Å². The Balaban J connectivity index is 2.08. The van der Waals surface area contributed by atoms with Crippen LogP contribution in [0.4, 0.5) is 0 Å². The molecule has 0 aromatic heterocycles. The second-order valence-corrected chi connectivity index (χ2v) is 6.21. The summed E-state index contributed by atoms with van der Waals surface area (Å²) in [5, 5.41) is 0. The summed E-state index contributed by atoms with van der Waals surface area (Å²) in [5.41, 5.74) is -0.386. The lowest BCUT2D eigenvalue weighted by atomic mass is 9.78. The zero-order chi connectivity index (χ0) is 13.2. The minimum absolute atomic E-state index is 0.0109. The fourth-order valence-corrected chi connectivity index (χ4v) is 3.20. The Kier molecular flexibility index (Phi) is 4.12. The fraction of sp³-hybridized carbons (Fsp3) is 0.933. The monoisotopic (exact) mass is 254 g/mol. The van der Waals surface area contributed by atoms with E-state index >= 15 is 0 Å². The van der Waals surface area contributed by atoms with Crippen molar-refractivity contribution in [2.45, 2.75) is 77.6 Å². The molecule has 2 fully saturated rings. The molecule has 3 nitrogen and oxygen atoms in total. The summed E-state index contributed by atoms with van der Waals surface area (Å²) in [7, 11) is 0. The van der Waals surface area contributed by atoms with Gasteiger partial charge in [-0.2, -0.15) is 0 Å². The van der Waals surface area contributed by atoms with Crippen LogP contribution in [0.2, 0.25) is 0 Å². The Morgan fingerprint density at radius 2 is 1.94 bits per heavy atom. The highest BCUT2D eigenvalue weighted by atomic mass is 16.7. The summed E-state index contributed by atoms with van der Waals surface area (Å²) in [6, 6.07) is 0. The first-order valence-corrected chi connectivity index (χ1v) is 7.35. The van der Waals surface area contributed by atoms with Crippen LogP contribution < -0.4 is 0 Å². The van der Waals surface area contributed by atoms with E-state index in [4.69, 9.17) is 9.47 Å². The first-order valence-electron chi connectivity index (χ1n) is 7.35. The highest BCUT2D eigenvalue weighted by molar-refractivity contribution is 5.84. The highest BCUT2D eigenvalue weighted by Gasteiger charge is 2.46. The van der Waals surface area contributed by atoms with Gasteiger partial charge >= 0.3 is 0 Å². The summed E-state index contributed by atoms with van der Waals surface area (Å²) in [4.78, 5) is 12.1. The maximum atomic E-state index is 12.1. The Morgan fingerprint density at radius 1 is 1.28 bits per heavy atom. The highest BCUT2D eigenvalue weighted by Crippen LogP contribution is 2.41. The maximum absolute atomic E-state index is 12.1. The Hall–Kier alpha value is -0.410. The summed E-state index contributed by atoms with van der Waals surface area (Å²) in [5.74, 6) is -0.0905. The lowest BCUT2D eigenvalue weighted by Crippen LogP contribution is -2.52. The molecule has 1 saturated heterocycles. The van der Waals surface area contributed by atoms with Gasteiger partial charge in [0.1, 0.15) is 5.78 Å². The van der Waals surface area contributed by atoms with E-state index in [0.29, 0.717) is 12.2 Å². The van der Waals surface area contributed by atoms with E-state index in [1.54, 1.807) is 0 Å². The molecule has 1 heterocycles. The molecule has 2 aliphatic rings. The third-order valence-corrected chi connectivity index (χ3v) is 4.56. The number of carbonyl (C=O) groups excluding carboxylic acids is 1. The van der Waals surface area contributed by atoms with Gasteiger partial charge in [0, 0.05) is 24.7 Å². The number of carbonyl (C=O) groups is 1. The zero-order valence-corrected chi connectivity index (χ0v) is 12.0. The molecule has 0 unspecified atom stereocenters. The lowest BCUT2D eigenvalue weighted by Gasteiger charge is -2.47. The van der Waals surface area contributed by atoms with Crippen LogP contribution in [0.15, 0.2) is 0 Å². The summed E-state index contributed by atoms with van der Waals surface area (Å²) in [6.07, 6.45) is 7.03. The van der Waals surface area contributed by atoms with Crippen molar-refractivity contribution >= 4 is 5.78 Å². The third-order valence-electron chi connectivity index (χ3n) is 4.56. The summed E-state index contributed by atoms with van der Waals surface area (Å²) < 4.78 is 12.2. The van der Waals surface area contributed by atoms with Gasteiger partial charge in [-0.1, -0.05) is 27.2 Å². The zero-order valence-electron chi connectivity index (χ0n) is 12.0. The third kappa shape index (κ3) is 2.62. The Morgan fingerprint density at radius 3 is 2.56 bits per heavy atom. The Bertz CT molecular complexity index is 297. The number of ketones is 1. The molecule has 104 valence electrons. The predicted molar refractivity (Wildman–Crippen MR) is 70.3 cm³/mol. The number of rotatable bonds is 3. The first-order chi connectivity index (χ1) is 8.50. The van der Waals surface area contributed by atoms with Gasteiger partial charge < -0.3 is 9.47 Å². The molecule has 1 spiro atoms. The van der Waals surface area contributed by atoms with Gasteiger partial charge in [-0.15, -0.1) is 0 Å². The molecule has 0 radical (unpaired) electrons. The van der Waals surface area contributed by atoms with Crippen LogP contribution in [0.3, 0.4) is 0 Å². The molecule has 0 aromatic rings. The average Bonchev–Trinajstić information content (AvgIpc) is 2.38. The van der Waals surface area contributed by atoms with E-state index in [9.17, 15) is 4.79 Å². The van der Waals surface area contributed by atoms with E-state index in [2.05, 4.69) is 0 Å². The van der Waals surface area contributed by atoms with Crippen molar-refractivity contribution in [1.29, 1.82) is 0 Å². The molecule has 0 amide bonds. The topological polar surface area (TPSA) is 35.5 Å². The molecule has 0 aromatic carbocycles. The molecule has 1 aliphatic heterocycles. The number of ether oxygens (including phenoxy) is 2. The van der Waals surface area contributed by atoms with E-state index < -0.39 is 0 Å². The van der Waals surface area contributed by atoms with Crippen LogP contribution in [0.1, 0.15) is 65.7 Å². The van der Waals surface area contributed by atoms with Crippen LogP contribution in [-0.4, -0.2) is 24.3 Å². The molecule has 0 bridgehead atoms. The van der Waals surface area contributed by atoms with E-state index in [-0.39, 0.29) is 17.3 Å². The molecule has 3 heteroatoms. The van der Waals surface area contributed by atoms with Crippen molar-refractivity contribution in [3.63, 3.8) is 0 Å². The van der Waals surface area contributed by atoms with Crippen molar-refractivity contribution in [2.24, 2.45) is 5.41 Å². The van der Waals surface area contributed by atoms with Crippen LogP contribution in [0.5, 0.6) is 0 Å². The molecule has 1 atom stereocenters. The van der Waals surface area contributed by atoms with Crippen molar-refractivity contribution in [3.05, 3.63) is 0 Å². The van der Waals surface area contributed by atoms with Gasteiger partial charge in [0.05, 0.1) is 12.7 Å². The van der Waals surface area contributed by atoms with Gasteiger partial charge in [-0.3, -0.25) is 4.79 Å². The normalized spacial score (nSPS) is 28.3. The minimum atomic E-state index is -0.386. The fourth-order valence-electron chi connectivity index (χ4n) is 3.20. The minimum Gasteiger partial charge on any atom is -0.350 e. The summed E-state index contributed by atoms with van der Waals surface area (Å²) >= 11 is 0. The Labute approximate surface area is 110 Å². The van der Waals surface area contributed by atoms with E-state index in [1.165, 1.54) is 19.3 Å². The maximum Gasteiger partial charge on any atom is 0.168 e. The number of hydrogen-bond donors (Lipinski definition) is 0. The van der Waals surface area contributed by atoms with Crippen LogP contribution >= 0.6 is 0 Å². The van der Waals surface area contributed by atoms with Gasteiger partial charge in [0.25, 0.3) is 0 Å². The van der Waals surface area contributed by atoms with E-state index in [0.717, 1.165) is 25.9 Å². The summed E-state index contributed by atoms with van der Waals surface area (Å²) in [6.45, 7) is 6.70. The van der Waals surface area contributed by atoms with Crippen LogP contribution in [-0.2, 0) is 14.3 Å². The molecular weight excluding hydrogens is 228 g/mol. The SMILES string of the molecule is CCC(=O)C(C)(C)[C@@H]1CCOC2(CCCCC2)O1. The quantitative estimate of drug-likeness (QED) is 0.773. The van der Waals surface area contributed by atoms with Crippen LogP contribution in [0, 0.1) is 5.41 Å². The molecule has 0 N–H and O–H groups in total. The standard InChI is InChI=1S/C15H26O3/c1-4-12(16)14(2,3)13-8-11-17-15(18-13)9-6-5-7-10-15/h13H,4-11H2,1-3H3/t13-/m0/s1. The molecule has 1 aliphatic carbocycles. The van der Waals surface area contributed by atoms with Gasteiger partial charge in [0.2, 0.25) is 0 Å².